The molecule has 5 nitrogen and oxygen atoms in total. The van der Waals surface area contributed by atoms with Gasteiger partial charge in [-0.1, -0.05) is 66.7 Å². The predicted octanol–water partition coefficient (Wildman–Crippen LogP) is 7.37. The van der Waals surface area contributed by atoms with E-state index < -0.39 is 0 Å². The van der Waals surface area contributed by atoms with Gasteiger partial charge in [0.25, 0.3) is 0 Å². The van der Waals surface area contributed by atoms with Crippen molar-refractivity contribution in [3.05, 3.63) is 108 Å². The summed E-state index contributed by atoms with van der Waals surface area (Å²) in [4.78, 5) is 4.87. The van der Waals surface area contributed by atoms with Crippen molar-refractivity contribution in [3.8, 4) is 28.8 Å². The molecule has 6 rings (SSSR count). The van der Waals surface area contributed by atoms with Crippen molar-refractivity contribution in [3.63, 3.8) is 0 Å². The molecule has 5 heteroatoms. The molecule has 0 spiro atoms. The first-order valence-corrected chi connectivity index (χ1v) is 11.9. The van der Waals surface area contributed by atoms with Crippen LogP contribution in [0.4, 0.5) is 0 Å². The van der Waals surface area contributed by atoms with Crippen LogP contribution in [0.5, 0.6) is 11.5 Å². The monoisotopic (exact) mass is 481 g/mol. The fourth-order valence-electron chi connectivity index (χ4n) is 4.84. The Labute approximate surface area is 214 Å². The Hall–Kier alpha value is -5.08. The van der Waals surface area contributed by atoms with Crippen molar-refractivity contribution in [1.29, 1.82) is 5.26 Å². The molecule has 2 aromatic heterocycles. The molecule has 0 amide bonds. The molecule has 0 aliphatic heterocycles. The van der Waals surface area contributed by atoms with E-state index >= 15 is 0 Å². The molecule has 0 atom stereocenters. The summed E-state index contributed by atoms with van der Waals surface area (Å²) in [5, 5.41) is 12.6. The molecule has 2 heterocycles. The van der Waals surface area contributed by atoms with E-state index in [1.54, 1.807) is 14.2 Å². The van der Waals surface area contributed by atoms with Crippen molar-refractivity contribution in [2.45, 2.75) is 0 Å². The van der Waals surface area contributed by atoms with Gasteiger partial charge in [-0.25, -0.2) is 4.98 Å². The number of pyridine rings is 1. The smallest absolute Gasteiger partial charge is 0.157 e. The number of imidazole rings is 1. The van der Waals surface area contributed by atoms with E-state index in [4.69, 9.17) is 14.5 Å². The number of ether oxygens (including phenoxy) is 2. The Morgan fingerprint density at radius 1 is 0.784 bits per heavy atom. The Bertz CT molecular complexity index is 1850. The van der Waals surface area contributed by atoms with Gasteiger partial charge >= 0.3 is 0 Å². The topological polar surface area (TPSA) is 59.5 Å². The SMILES string of the molecule is COc1cc(OC)cc(-c2cc(C=Cc3cccc4ccccc34)c(C#N)c3nc4ccccc4n23)c1. The van der Waals surface area contributed by atoms with Gasteiger partial charge in [-0.05, 0) is 52.2 Å². The molecule has 0 fully saturated rings. The second-order valence-electron chi connectivity index (χ2n) is 8.73. The quantitative estimate of drug-likeness (QED) is 0.258. The van der Waals surface area contributed by atoms with E-state index in [0.717, 1.165) is 38.8 Å². The number of fused-ring (bicyclic) bond motifs is 4. The number of nitrogens with zero attached hydrogens (tertiary/aromatic N) is 3. The lowest BCUT2D eigenvalue weighted by Gasteiger charge is -2.13. The van der Waals surface area contributed by atoms with Crippen LogP contribution in [-0.2, 0) is 0 Å². The van der Waals surface area contributed by atoms with E-state index in [0.29, 0.717) is 22.7 Å². The Balaban J connectivity index is 1.64. The highest BCUT2D eigenvalue weighted by atomic mass is 16.5. The van der Waals surface area contributed by atoms with Crippen LogP contribution in [-0.4, -0.2) is 23.6 Å². The minimum atomic E-state index is 0.520. The maximum absolute atomic E-state index is 10.3. The number of rotatable bonds is 5. The molecule has 0 N–H and O–H groups in total. The van der Waals surface area contributed by atoms with Gasteiger partial charge in [0.15, 0.2) is 5.65 Å². The molecular formula is C32H23N3O2. The second-order valence-corrected chi connectivity index (χ2v) is 8.73. The summed E-state index contributed by atoms with van der Waals surface area (Å²) in [6.45, 7) is 0. The van der Waals surface area contributed by atoms with E-state index in [1.807, 2.05) is 77.2 Å². The molecule has 0 aliphatic rings. The summed E-state index contributed by atoms with van der Waals surface area (Å²) in [5.41, 5.74) is 6.54. The maximum atomic E-state index is 10.3. The summed E-state index contributed by atoms with van der Waals surface area (Å²) < 4.78 is 13.1. The van der Waals surface area contributed by atoms with Gasteiger partial charge in [-0.3, -0.25) is 4.40 Å². The van der Waals surface area contributed by atoms with Crippen LogP contribution in [0.2, 0.25) is 0 Å². The number of aromatic nitrogens is 2. The largest absolute Gasteiger partial charge is 0.497 e. The number of hydrogen-bond acceptors (Lipinski definition) is 4. The molecule has 0 bridgehead atoms. The van der Waals surface area contributed by atoms with E-state index in [-0.39, 0.29) is 0 Å². The zero-order valence-corrected chi connectivity index (χ0v) is 20.5. The standard InChI is InChI=1S/C32H23N3O2/c1-36-25-16-24(17-26(19-25)37-2)31-18-23(15-14-22-10-7-9-21-8-3-4-11-27(21)22)28(20-33)32-34-29-12-5-6-13-30(29)35(31)32/h3-19H,1-2H3. The van der Waals surface area contributed by atoms with E-state index in [9.17, 15) is 5.26 Å². The molecule has 0 radical (unpaired) electrons. The van der Waals surface area contributed by atoms with Gasteiger partial charge in [0, 0.05) is 11.6 Å². The first-order valence-electron chi connectivity index (χ1n) is 11.9. The first-order chi connectivity index (χ1) is 18.2. The van der Waals surface area contributed by atoms with Gasteiger partial charge in [0.2, 0.25) is 0 Å². The predicted molar refractivity (Wildman–Crippen MR) is 149 cm³/mol. The zero-order chi connectivity index (χ0) is 25.4. The Morgan fingerprint density at radius 3 is 2.27 bits per heavy atom. The van der Waals surface area contributed by atoms with Gasteiger partial charge in [0.1, 0.15) is 23.1 Å². The molecule has 0 saturated carbocycles. The second kappa shape index (κ2) is 9.18. The van der Waals surface area contributed by atoms with Gasteiger partial charge in [0.05, 0.1) is 30.9 Å². The average molecular weight is 482 g/mol. The average Bonchev–Trinajstić information content (AvgIpc) is 3.34. The van der Waals surface area contributed by atoms with Crippen LogP contribution >= 0.6 is 0 Å². The minimum absolute atomic E-state index is 0.520. The van der Waals surface area contributed by atoms with Crippen LogP contribution in [0.25, 0.3) is 50.9 Å². The lowest BCUT2D eigenvalue weighted by atomic mass is 10.0. The van der Waals surface area contributed by atoms with Gasteiger partial charge in [-0.15, -0.1) is 0 Å². The number of hydrogen-bond donors (Lipinski definition) is 0. The summed E-state index contributed by atoms with van der Waals surface area (Å²) in [6.07, 6.45) is 4.06. The van der Waals surface area contributed by atoms with Crippen LogP contribution in [0.3, 0.4) is 0 Å². The lowest BCUT2D eigenvalue weighted by molar-refractivity contribution is 0.394. The molecule has 6 aromatic rings. The van der Waals surface area contributed by atoms with Crippen molar-refractivity contribution < 1.29 is 9.47 Å². The fourth-order valence-corrected chi connectivity index (χ4v) is 4.84. The van der Waals surface area contributed by atoms with Gasteiger partial charge in [-0.2, -0.15) is 5.26 Å². The van der Waals surface area contributed by atoms with Crippen molar-refractivity contribution in [1.82, 2.24) is 9.38 Å². The van der Waals surface area contributed by atoms with Crippen LogP contribution < -0.4 is 9.47 Å². The number of nitriles is 1. The number of benzene rings is 4. The van der Waals surface area contributed by atoms with Crippen molar-refractivity contribution in [2.24, 2.45) is 0 Å². The highest BCUT2D eigenvalue weighted by Gasteiger charge is 2.18. The molecule has 0 aliphatic carbocycles. The normalized spacial score (nSPS) is 11.4. The van der Waals surface area contributed by atoms with Crippen molar-refractivity contribution >= 4 is 39.6 Å². The highest BCUT2D eigenvalue weighted by molar-refractivity contribution is 5.94. The summed E-state index contributed by atoms with van der Waals surface area (Å²) in [6, 6.07) is 32.7. The molecular weight excluding hydrogens is 458 g/mol. The van der Waals surface area contributed by atoms with Crippen LogP contribution in [0.1, 0.15) is 16.7 Å². The Morgan fingerprint density at radius 2 is 1.49 bits per heavy atom. The fraction of sp³-hybridized carbons (Fsp3) is 0.0625. The maximum Gasteiger partial charge on any atom is 0.157 e. The Kier molecular flexibility index (Phi) is 5.55. The molecule has 37 heavy (non-hydrogen) atoms. The first kappa shape index (κ1) is 22.4. The lowest BCUT2D eigenvalue weighted by Crippen LogP contribution is -1.99. The van der Waals surface area contributed by atoms with E-state index in [2.05, 4.69) is 36.4 Å². The summed E-state index contributed by atoms with van der Waals surface area (Å²) in [5.74, 6) is 1.37. The third kappa shape index (κ3) is 3.85. The molecule has 4 aromatic carbocycles. The number of methoxy groups -OCH3 is 2. The van der Waals surface area contributed by atoms with Crippen LogP contribution in [0.15, 0.2) is 91.0 Å². The van der Waals surface area contributed by atoms with E-state index in [1.165, 1.54) is 5.39 Å². The number of para-hydroxylation sites is 2. The summed E-state index contributed by atoms with van der Waals surface area (Å²) in [7, 11) is 3.27. The van der Waals surface area contributed by atoms with Gasteiger partial charge < -0.3 is 9.47 Å². The molecule has 178 valence electrons. The third-order valence-corrected chi connectivity index (χ3v) is 6.63. The third-order valence-electron chi connectivity index (χ3n) is 6.63. The molecule has 0 unspecified atom stereocenters. The van der Waals surface area contributed by atoms with Crippen LogP contribution in [0, 0.1) is 11.3 Å². The minimum Gasteiger partial charge on any atom is -0.497 e. The van der Waals surface area contributed by atoms with Crippen molar-refractivity contribution in [2.75, 3.05) is 14.2 Å². The molecule has 0 saturated heterocycles. The summed E-state index contributed by atoms with van der Waals surface area (Å²) >= 11 is 0. The zero-order valence-electron chi connectivity index (χ0n) is 20.5. The highest BCUT2D eigenvalue weighted by Crippen LogP contribution is 2.35.